The van der Waals surface area contributed by atoms with Gasteiger partial charge in [-0.25, -0.2) is 0 Å². The molecule has 0 aromatic rings. The Balaban J connectivity index is 2.60. The van der Waals surface area contributed by atoms with Crippen LogP contribution in [0.5, 0.6) is 0 Å². The second kappa shape index (κ2) is 6.53. The smallest absolute Gasteiger partial charge is 0.223 e. The summed E-state index contributed by atoms with van der Waals surface area (Å²) in [5.74, 6) is 0.177. The first-order valence-corrected chi connectivity index (χ1v) is 7.12. The minimum atomic E-state index is 0.177. The van der Waals surface area contributed by atoms with Gasteiger partial charge in [0, 0.05) is 39.6 Å². The Kier molecular flexibility index (Phi) is 5.60. The van der Waals surface area contributed by atoms with Crippen LogP contribution in [0.25, 0.3) is 0 Å². The summed E-state index contributed by atoms with van der Waals surface area (Å²) in [5.41, 5.74) is 6.31. The van der Waals surface area contributed by atoms with E-state index >= 15 is 0 Å². The normalized spacial score (nSPS) is 20.9. The Hall–Kier alpha value is -0.610. The van der Waals surface area contributed by atoms with Crippen molar-refractivity contribution in [2.45, 2.75) is 45.6 Å². The molecule has 4 nitrogen and oxygen atoms in total. The first-order chi connectivity index (χ1) is 8.48. The molecular weight excluding hydrogens is 226 g/mol. The summed E-state index contributed by atoms with van der Waals surface area (Å²) in [7, 11) is 3.62. The third-order valence-corrected chi connectivity index (χ3v) is 4.67. The number of hydrogen-bond acceptors (Lipinski definition) is 3. The van der Waals surface area contributed by atoms with Crippen LogP contribution >= 0.6 is 0 Å². The van der Waals surface area contributed by atoms with Crippen LogP contribution in [0.3, 0.4) is 0 Å². The molecule has 0 bridgehead atoms. The van der Waals surface area contributed by atoms with Gasteiger partial charge >= 0.3 is 0 Å². The number of nitrogens with zero attached hydrogens (tertiary/aromatic N) is 2. The van der Waals surface area contributed by atoms with E-state index in [0.29, 0.717) is 18.4 Å². The second-order valence-corrected chi connectivity index (χ2v) is 5.81. The maximum Gasteiger partial charge on any atom is 0.223 e. The summed E-state index contributed by atoms with van der Waals surface area (Å²) < 4.78 is 0. The van der Waals surface area contributed by atoms with E-state index in [1.165, 1.54) is 19.3 Å². The van der Waals surface area contributed by atoms with Crippen molar-refractivity contribution in [3.63, 3.8) is 0 Å². The van der Waals surface area contributed by atoms with Crippen LogP contribution in [0.2, 0.25) is 0 Å². The molecule has 18 heavy (non-hydrogen) atoms. The molecule has 1 unspecified atom stereocenters. The number of carbonyl (C=O) groups excluding carboxylic acids is 1. The van der Waals surface area contributed by atoms with Crippen molar-refractivity contribution in [3.05, 3.63) is 0 Å². The standard InChI is InChI=1S/C14H29N3O/c1-5-14(6-2)7-8-17(11-14)12(10-15)9-13(18)16(3)4/h12H,5-11,15H2,1-4H3. The van der Waals surface area contributed by atoms with Crippen LogP contribution in [-0.2, 0) is 4.79 Å². The summed E-state index contributed by atoms with van der Waals surface area (Å²) in [6, 6.07) is 0.208. The molecule has 1 saturated heterocycles. The van der Waals surface area contributed by atoms with E-state index in [-0.39, 0.29) is 11.9 Å². The molecule has 2 N–H and O–H groups in total. The summed E-state index contributed by atoms with van der Waals surface area (Å²) in [6.45, 7) is 7.31. The van der Waals surface area contributed by atoms with Gasteiger partial charge in [0.1, 0.15) is 0 Å². The van der Waals surface area contributed by atoms with Gasteiger partial charge in [-0.15, -0.1) is 0 Å². The molecule has 106 valence electrons. The Bertz CT molecular complexity index is 274. The van der Waals surface area contributed by atoms with E-state index in [0.717, 1.165) is 13.1 Å². The van der Waals surface area contributed by atoms with Gasteiger partial charge in [0.2, 0.25) is 5.91 Å². The Morgan fingerprint density at radius 1 is 1.39 bits per heavy atom. The maximum absolute atomic E-state index is 11.8. The molecule has 0 spiro atoms. The number of nitrogens with two attached hydrogens (primary N) is 1. The van der Waals surface area contributed by atoms with Crippen molar-refractivity contribution < 1.29 is 4.79 Å². The molecule has 1 atom stereocenters. The summed E-state index contributed by atoms with van der Waals surface area (Å²) in [6.07, 6.45) is 4.23. The quantitative estimate of drug-likeness (QED) is 0.778. The zero-order valence-electron chi connectivity index (χ0n) is 12.4. The lowest BCUT2D eigenvalue weighted by Crippen LogP contribution is -2.43. The highest BCUT2D eigenvalue weighted by Gasteiger charge is 2.37. The zero-order valence-corrected chi connectivity index (χ0v) is 12.4. The van der Waals surface area contributed by atoms with Crippen molar-refractivity contribution in [1.82, 2.24) is 9.80 Å². The van der Waals surface area contributed by atoms with Crippen LogP contribution < -0.4 is 5.73 Å². The third kappa shape index (κ3) is 3.45. The van der Waals surface area contributed by atoms with Crippen LogP contribution in [0.15, 0.2) is 0 Å². The molecule has 1 heterocycles. The van der Waals surface area contributed by atoms with Gasteiger partial charge in [-0.2, -0.15) is 0 Å². The van der Waals surface area contributed by atoms with Crippen LogP contribution in [0.1, 0.15) is 39.5 Å². The lowest BCUT2D eigenvalue weighted by molar-refractivity contribution is -0.129. The van der Waals surface area contributed by atoms with Gasteiger partial charge in [-0.3, -0.25) is 9.69 Å². The molecule has 4 heteroatoms. The van der Waals surface area contributed by atoms with E-state index < -0.39 is 0 Å². The largest absolute Gasteiger partial charge is 0.349 e. The summed E-state index contributed by atoms with van der Waals surface area (Å²) in [4.78, 5) is 15.9. The van der Waals surface area contributed by atoms with Crippen molar-refractivity contribution in [3.8, 4) is 0 Å². The van der Waals surface area contributed by atoms with Gasteiger partial charge in [-0.05, 0) is 31.2 Å². The number of amides is 1. The molecule has 0 aromatic heterocycles. The highest BCUT2D eigenvalue weighted by atomic mass is 16.2. The van der Waals surface area contributed by atoms with Gasteiger partial charge in [0.15, 0.2) is 0 Å². The highest BCUT2D eigenvalue weighted by molar-refractivity contribution is 5.76. The summed E-state index contributed by atoms with van der Waals surface area (Å²) in [5, 5.41) is 0. The molecule has 0 aromatic carbocycles. The third-order valence-electron chi connectivity index (χ3n) is 4.67. The number of hydrogen-bond donors (Lipinski definition) is 1. The molecule has 1 amide bonds. The second-order valence-electron chi connectivity index (χ2n) is 5.81. The molecule has 1 aliphatic heterocycles. The van der Waals surface area contributed by atoms with E-state index in [1.54, 1.807) is 4.90 Å². The maximum atomic E-state index is 11.8. The molecule has 1 aliphatic rings. The Labute approximate surface area is 111 Å². The van der Waals surface area contributed by atoms with E-state index in [4.69, 9.17) is 5.73 Å². The predicted molar refractivity (Wildman–Crippen MR) is 75.4 cm³/mol. The predicted octanol–water partition coefficient (Wildman–Crippen LogP) is 1.30. The van der Waals surface area contributed by atoms with Crippen molar-refractivity contribution in [1.29, 1.82) is 0 Å². The monoisotopic (exact) mass is 255 g/mol. The average molecular weight is 255 g/mol. The fourth-order valence-corrected chi connectivity index (χ4v) is 2.85. The minimum Gasteiger partial charge on any atom is -0.349 e. The first kappa shape index (κ1) is 15.4. The van der Waals surface area contributed by atoms with Gasteiger partial charge in [-0.1, -0.05) is 13.8 Å². The van der Waals surface area contributed by atoms with E-state index in [2.05, 4.69) is 18.7 Å². The number of carbonyl (C=O) groups is 1. The zero-order chi connectivity index (χ0) is 13.8. The van der Waals surface area contributed by atoms with E-state index in [1.807, 2.05) is 14.1 Å². The fraction of sp³-hybridized carbons (Fsp3) is 0.929. The first-order valence-electron chi connectivity index (χ1n) is 7.12. The molecule has 0 aliphatic carbocycles. The topological polar surface area (TPSA) is 49.6 Å². The van der Waals surface area contributed by atoms with Crippen LogP contribution in [0.4, 0.5) is 0 Å². The highest BCUT2D eigenvalue weighted by Crippen LogP contribution is 2.37. The Morgan fingerprint density at radius 3 is 2.39 bits per heavy atom. The lowest BCUT2D eigenvalue weighted by Gasteiger charge is -2.31. The van der Waals surface area contributed by atoms with Gasteiger partial charge < -0.3 is 10.6 Å². The van der Waals surface area contributed by atoms with E-state index in [9.17, 15) is 4.79 Å². The molecule has 0 radical (unpaired) electrons. The van der Waals surface area contributed by atoms with Crippen LogP contribution in [-0.4, -0.2) is 55.5 Å². The number of rotatable bonds is 6. The van der Waals surface area contributed by atoms with Gasteiger partial charge in [0.05, 0.1) is 0 Å². The van der Waals surface area contributed by atoms with Crippen molar-refractivity contribution in [2.75, 3.05) is 33.7 Å². The van der Waals surface area contributed by atoms with Crippen molar-refractivity contribution >= 4 is 5.91 Å². The molecule has 1 rings (SSSR count). The fourth-order valence-electron chi connectivity index (χ4n) is 2.85. The summed E-state index contributed by atoms with van der Waals surface area (Å²) >= 11 is 0. The van der Waals surface area contributed by atoms with Crippen molar-refractivity contribution in [2.24, 2.45) is 11.1 Å². The van der Waals surface area contributed by atoms with Gasteiger partial charge in [0.25, 0.3) is 0 Å². The number of likely N-dealkylation sites (tertiary alicyclic amines) is 1. The SMILES string of the molecule is CCC1(CC)CCN(C(CN)CC(=O)N(C)C)C1. The lowest BCUT2D eigenvalue weighted by atomic mass is 9.82. The van der Waals surface area contributed by atoms with Crippen LogP contribution in [0, 0.1) is 5.41 Å². The average Bonchev–Trinajstić information content (AvgIpc) is 2.80. The minimum absolute atomic E-state index is 0.177. The Morgan fingerprint density at radius 2 is 2.00 bits per heavy atom. The molecular formula is C14H29N3O. The molecule has 1 fully saturated rings. The molecule has 0 saturated carbocycles.